The molecule has 4 aliphatic rings. The molecule has 2 bridgehead atoms. The van der Waals surface area contributed by atoms with E-state index in [0.29, 0.717) is 18.3 Å². The molecule has 2 aromatic carbocycles. The van der Waals surface area contributed by atoms with Gasteiger partial charge >= 0.3 is 6.09 Å². The summed E-state index contributed by atoms with van der Waals surface area (Å²) in [6.45, 7) is 9.86. The van der Waals surface area contributed by atoms with E-state index in [1.807, 2.05) is 13.0 Å². The average Bonchev–Trinajstić information content (AvgIpc) is 3.04. The molecule has 0 spiro atoms. The van der Waals surface area contributed by atoms with Crippen LogP contribution in [0.3, 0.4) is 0 Å². The van der Waals surface area contributed by atoms with E-state index < -0.39 is 0 Å². The van der Waals surface area contributed by atoms with E-state index in [-0.39, 0.29) is 29.5 Å². The van der Waals surface area contributed by atoms with Crippen LogP contribution in [0, 0.1) is 17.2 Å². The minimum Gasteiger partial charge on any atom is -0.493 e. The van der Waals surface area contributed by atoms with Gasteiger partial charge in [0.25, 0.3) is 0 Å². The Morgan fingerprint density at radius 3 is 2.67 bits per heavy atom. The van der Waals surface area contributed by atoms with Crippen molar-refractivity contribution in [2.45, 2.75) is 52.2 Å². The highest BCUT2D eigenvalue weighted by Crippen LogP contribution is 2.47. The molecule has 176 valence electrons. The van der Waals surface area contributed by atoms with Crippen LogP contribution in [0.1, 0.15) is 50.8 Å². The highest BCUT2D eigenvalue weighted by Gasteiger charge is 2.42. The lowest BCUT2D eigenvalue weighted by Crippen LogP contribution is -2.53. The van der Waals surface area contributed by atoms with Crippen molar-refractivity contribution in [2.24, 2.45) is 11.3 Å². The van der Waals surface area contributed by atoms with Gasteiger partial charge in [0, 0.05) is 12.1 Å². The van der Waals surface area contributed by atoms with Gasteiger partial charge in [-0.3, -0.25) is 4.90 Å². The van der Waals surface area contributed by atoms with Crippen LogP contribution < -0.4 is 10.1 Å². The predicted molar refractivity (Wildman–Crippen MR) is 126 cm³/mol. The fourth-order valence-electron chi connectivity index (χ4n) is 5.84. The molecule has 1 amide bonds. The monoisotopic (exact) mass is 452 g/mol. The molecule has 0 saturated carbocycles. The molecule has 33 heavy (non-hydrogen) atoms. The SMILES string of the molecule is CCOc1ccc(F)cc1-c1ccc2c(c1)CC(C)(C)C2NC(=O)O[C@H]1CN2CCC1CC2. The fraction of sp³-hybridized carbons (Fsp3) is 0.519. The normalized spacial score (nSPS) is 27.2. The Balaban J connectivity index is 1.36. The van der Waals surface area contributed by atoms with Gasteiger partial charge in [-0.1, -0.05) is 32.0 Å². The number of piperidine rings is 3. The van der Waals surface area contributed by atoms with Gasteiger partial charge in [0.2, 0.25) is 0 Å². The number of ether oxygens (including phenoxy) is 2. The van der Waals surface area contributed by atoms with Crippen LogP contribution in [0.2, 0.25) is 0 Å². The lowest BCUT2D eigenvalue weighted by atomic mass is 9.85. The molecule has 3 saturated heterocycles. The van der Waals surface area contributed by atoms with Crippen LogP contribution in [-0.2, 0) is 11.2 Å². The number of carbonyl (C=O) groups excluding carboxylic acids is 1. The molecule has 6 heteroatoms. The molecule has 1 N–H and O–H groups in total. The summed E-state index contributed by atoms with van der Waals surface area (Å²) in [5.74, 6) is 0.870. The maximum atomic E-state index is 14.0. The Morgan fingerprint density at radius 2 is 1.97 bits per heavy atom. The Kier molecular flexibility index (Phi) is 5.81. The quantitative estimate of drug-likeness (QED) is 0.666. The average molecular weight is 453 g/mol. The Morgan fingerprint density at radius 1 is 1.18 bits per heavy atom. The number of rotatable bonds is 5. The second-order valence-corrected chi connectivity index (χ2v) is 10.3. The summed E-state index contributed by atoms with van der Waals surface area (Å²) in [6.07, 6.45) is 2.71. The minimum absolute atomic E-state index is 0.0103. The van der Waals surface area contributed by atoms with Gasteiger partial charge in [0.05, 0.1) is 12.6 Å². The zero-order valence-electron chi connectivity index (χ0n) is 19.7. The van der Waals surface area contributed by atoms with Crippen LogP contribution in [0.4, 0.5) is 9.18 Å². The number of alkyl carbamates (subject to hydrolysis) is 1. The third-order valence-corrected chi connectivity index (χ3v) is 7.55. The number of nitrogens with one attached hydrogen (secondary N) is 1. The Hall–Kier alpha value is -2.60. The van der Waals surface area contributed by atoms with Crippen LogP contribution >= 0.6 is 0 Å². The van der Waals surface area contributed by atoms with Crippen molar-refractivity contribution >= 4 is 6.09 Å². The van der Waals surface area contributed by atoms with Gasteiger partial charge in [-0.25, -0.2) is 9.18 Å². The van der Waals surface area contributed by atoms with E-state index in [0.717, 1.165) is 61.2 Å². The summed E-state index contributed by atoms with van der Waals surface area (Å²) in [4.78, 5) is 15.3. The van der Waals surface area contributed by atoms with Crippen molar-refractivity contribution in [1.82, 2.24) is 10.2 Å². The van der Waals surface area contributed by atoms with E-state index >= 15 is 0 Å². The summed E-state index contributed by atoms with van der Waals surface area (Å²) in [5, 5.41) is 3.17. The van der Waals surface area contributed by atoms with Crippen LogP contribution in [0.25, 0.3) is 11.1 Å². The molecule has 2 aromatic rings. The molecule has 2 atom stereocenters. The first kappa shape index (κ1) is 22.2. The highest BCUT2D eigenvalue weighted by molar-refractivity contribution is 5.73. The summed E-state index contributed by atoms with van der Waals surface area (Å²) < 4.78 is 25.6. The lowest BCUT2D eigenvalue weighted by Gasteiger charge is -2.44. The van der Waals surface area contributed by atoms with Crippen LogP contribution in [0.5, 0.6) is 5.75 Å². The topological polar surface area (TPSA) is 50.8 Å². The third kappa shape index (κ3) is 4.33. The number of nitrogens with zero attached hydrogens (tertiary/aromatic N) is 1. The van der Waals surface area contributed by atoms with Gasteiger partial charge in [-0.2, -0.15) is 0 Å². The van der Waals surface area contributed by atoms with Crippen molar-refractivity contribution in [3.05, 3.63) is 53.3 Å². The summed E-state index contributed by atoms with van der Waals surface area (Å²) in [5.41, 5.74) is 3.78. The van der Waals surface area contributed by atoms with E-state index in [4.69, 9.17) is 9.47 Å². The molecular formula is C27H33FN2O3. The van der Waals surface area contributed by atoms with E-state index in [9.17, 15) is 9.18 Å². The maximum Gasteiger partial charge on any atom is 0.407 e. The lowest BCUT2D eigenvalue weighted by molar-refractivity contribution is -0.0348. The number of amides is 1. The molecule has 3 heterocycles. The van der Waals surface area contributed by atoms with Gasteiger partial charge in [-0.05, 0) is 85.5 Å². The van der Waals surface area contributed by atoms with Crippen molar-refractivity contribution in [1.29, 1.82) is 0 Å². The zero-order valence-corrected chi connectivity index (χ0v) is 19.7. The molecule has 3 aliphatic heterocycles. The van der Waals surface area contributed by atoms with Crippen molar-refractivity contribution in [2.75, 3.05) is 26.2 Å². The highest BCUT2D eigenvalue weighted by atomic mass is 19.1. The Bertz CT molecular complexity index is 1050. The van der Waals surface area contributed by atoms with Crippen LogP contribution in [0.15, 0.2) is 36.4 Å². The van der Waals surface area contributed by atoms with Gasteiger partial charge in [0.15, 0.2) is 0 Å². The van der Waals surface area contributed by atoms with E-state index in [1.54, 1.807) is 6.07 Å². The third-order valence-electron chi connectivity index (χ3n) is 7.55. The number of hydrogen-bond acceptors (Lipinski definition) is 4. The fourth-order valence-corrected chi connectivity index (χ4v) is 5.84. The first-order valence-corrected chi connectivity index (χ1v) is 12.1. The standard InChI is InChI=1S/C27H33FN2O3/c1-4-32-23-8-6-20(28)14-22(23)18-5-7-21-19(13-18)15-27(2,3)25(21)29-26(31)33-24-16-30-11-9-17(24)10-12-30/h5-8,13-14,17,24-25H,4,9-12,15-16H2,1-3H3,(H,29,31)/t24-,25?/m0/s1. The Labute approximate surface area is 195 Å². The molecular weight excluding hydrogens is 419 g/mol. The first-order chi connectivity index (χ1) is 15.8. The van der Waals surface area contributed by atoms with Crippen LogP contribution in [-0.4, -0.2) is 43.3 Å². The number of halogens is 1. The smallest absolute Gasteiger partial charge is 0.407 e. The minimum atomic E-state index is -0.326. The summed E-state index contributed by atoms with van der Waals surface area (Å²) in [6, 6.07) is 10.6. The molecule has 6 rings (SSSR count). The van der Waals surface area contributed by atoms with Gasteiger partial charge < -0.3 is 14.8 Å². The number of benzene rings is 2. The zero-order chi connectivity index (χ0) is 23.2. The summed E-state index contributed by atoms with van der Waals surface area (Å²) >= 11 is 0. The largest absolute Gasteiger partial charge is 0.493 e. The second kappa shape index (κ2) is 8.64. The van der Waals surface area contributed by atoms with E-state index in [1.165, 1.54) is 12.1 Å². The molecule has 1 aliphatic carbocycles. The molecule has 0 radical (unpaired) electrons. The predicted octanol–water partition coefficient (Wildman–Crippen LogP) is 5.34. The molecule has 3 fully saturated rings. The number of hydrogen-bond donors (Lipinski definition) is 1. The van der Waals surface area contributed by atoms with Gasteiger partial charge in [-0.15, -0.1) is 0 Å². The maximum absolute atomic E-state index is 14.0. The second-order valence-electron chi connectivity index (χ2n) is 10.3. The van der Waals surface area contributed by atoms with Gasteiger partial charge in [0.1, 0.15) is 17.7 Å². The number of fused-ring (bicyclic) bond motifs is 4. The van der Waals surface area contributed by atoms with Crippen molar-refractivity contribution in [3.63, 3.8) is 0 Å². The molecule has 0 aromatic heterocycles. The molecule has 1 unspecified atom stereocenters. The molecule has 5 nitrogen and oxygen atoms in total. The summed E-state index contributed by atoms with van der Waals surface area (Å²) in [7, 11) is 0. The van der Waals surface area contributed by atoms with E-state index in [2.05, 4.69) is 36.2 Å². The number of carbonyl (C=O) groups is 1. The van der Waals surface area contributed by atoms with Crippen molar-refractivity contribution < 1.29 is 18.7 Å². The first-order valence-electron chi connectivity index (χ1n) is 12.1. The van der Waals surface area contributed by atoms with Crippen molar-refractivity contribution in [3.8, 4) is 16.9 Å².